The fourth-order valence-corrected chi connectivity index (χ4v) is 1.10. The van der Waals surface area contributed by atoms with Crippen molar-refractivity contribution in [2.75, 3.05) is 5.43 Å². The zero-order valence-electron chi connectivity index (χ0n) is 5.91. The molecule has 0 heterocycles. The Balaban J connectivity index is 2.99. The molecule has 0 bridgehead atoms. The van der Waals surface area contributed by atoms with Crippen molar-refractivity contribution in [3.63, 3.8) is 0 Å². The summed E-state index contributed by atoms with van der Waals surface area (Å²) in [6.07, 6.45) is 0. The molecule has 0 aliphatic heterocycles. The highest BCUT2D eigenvalue weighted by Gasteiger charge is 1.96. The molecule has 60 valence electrons. The summed E-state index contributed by atoms with van der Waals surface area (Å²) in [7, 11) is 0. The fraction of sp³-hybridized carbons (Fsp3) is 0.143. The van der Waals surface area contributed by atoms with Gasteiger partial charge in [0.05, 0.1) is 12.3 Å². The normalized spacial score (nSPS) is 9.73. The van der Waals surface area contributed by atoms with Gasteiger partial charge in [0.25, 0.3) is 0 Å². The summed E-state index contributed by atoms with van der Waals surface area (Å²) in [6, 6.07) is 5.32. The highest BCUT2D eigenvalue weighted by molar-refractivity contribution is 7.80. The first-order chi connectivity index (χ1) is 5.27. The van der Waals surface area contributed by atoms with Gasteiger partial charge in [0, 0.05) is 4.90 Å². The third kappa shape index (κ3) is 1.86. The summed E-state index contributed by atoms with van der Waals surface area (Å²) in [5, 5.41) is 8.74. The first kappa shape index (κ1) is 8.39. The molecule has 0 aliphatic carbocycles. The Kier molecular flexibility index (Phi) is 2.76. The second-order valence-corrected chi connectivity index (χ2v) is 2.64. The van der Waals surface area contributed by atoms with Crippen molar-refractivity contribution in [1.29, 1.82) is 0 Å². The molecule has 0 spiro atoms. The van der Waals surface area contributed by atoms with Crippen LogP contribution < -0.4 is 11.3 Å². The van der Waals surface area contributed by atoms with Gasteiger partial charge in [-0.2, -0.15) is 0 Å². The van der Waals surface area contributed by atoms with Crippen LogP contribution in [-0.4, -0.2) is 5.11 Å². The van der Waals surface area contributed by atoms with E-state index in [1.807, 2.05) is 0 Å². The van der Waals surface area contributed by atoms with Crippen LogP contribution >= 0.6 is 12.6 Å². The molecule has 0 atom stereocenters. The van der Waals surface area contributed by atoms with E-state index in [0.717, 1.165) is 16.1 Å². The lowest BCUT2D eigenvalue weighted by Crippen LogP contribution is -2.07. The molecule has 0 radical (unpaired) electrons. The lowest BCUT2D eigenvalue weighted by molar-refractivity contribution is 0.281. The lowest BCUT2D eigenvalue weighted by atomic mass is 10.2. The maximum atomic E-state index is 8.74. The Morgan fingerprint density at radius 1 is 1.55 bits per heavy atom. The highest BCUT2D eigenvalue weighted by Crippen LogP contribution is 2.19. The molecule has 0 saturated carbocycles. The Labute approximate surface area is 70.6 Å². The summed E-state index contributed by atoms with van der Waals surface area (Å²) in [5.41, 5.74) is 4.07. The lowest BCUT2D eigenvalue weighted by Gasteiger charge is -2.04. The molecule has 1 aromatic rings. The van der Waals surface area contributed by atoms with E-state index in [-0.39, 0.29) is 6.61 Å². The number of aliphatic hydroxyl groups excluding tert-OH is 1. The third-order valence-corrected chi connectivity index (χ3v) is 1.77. The summed E-state index contributed by atoms with van der Waals surface area (Å²) in [4.78, 5) is 0.735. The smallest absolute Gasteiger partial charge is 0.0682 e. The Morgan fingerprint density at radius 2 is 2.27 bits per heavy atom. The predicted molar refractivity (Wildman–Crippen MR) is 47.4 cm³/mol. The molecule has 11 heavy (non-hydrogen) atoms. The number of hydrogen-bond acceptors (Lipinski definition) is 4. The van der Waals surface area contributed by atoms with Crippen molar-refractivity contribution >= 4 is 18.3 Å². The van der Waals surface area contributed by atoms with Gasteiger partial charge in [0.1, 0.15) is 0 Å². The number of nitrogens with two attached hydrogens (primary N) is 1. The Hall–Kier alpha value is -0.710. The van der Waals surface area contributed by atoms with Crippen LogP contribution in [0.4, 0.5) is 5.69 Å². The van der Waals surface area contributed by atoms with Crippen molar-refractivity contribution in [1.82, 2.24) is 0 Å². The molecular weight excluding hydrogens is 160 g/mol. The van der Waals surface area contributed by atoms with E-state index in [0.29, 0.717) is 0 Å². The van der Waals surface area contributed by atoms with Gasteiger partial charge in [-0.05, 0) is 17.7 Å². The first-order valence-corrected chi connectivity index (χ1v) is 3.62. The van der Waals surface area contributed by atoms with Gasteiger partial charge in [-0.15, -0.1) is 12.6 Å². The minimum Gasteiger partial charge on any atom is -0.392 e. The van der Waals surface area contributed by atoms with Crippen molar-refractivity contribution in [3.8, 4) is 0 Å². The van der Waals surface area contributed by atoms with E-state index < -0.39 is 0 Å². The summed E-state index contributed by atoms with van der Waals surface area (Å²) in [5.74, 6) is 5.18. The molecule has 0 unspecified atom stereocenters. The van der Waals surface area contributed by atoms with Crippen LogP contribution in [-0.2, 0) is 6.61 Å². The number of rotatable bonds is 2. The van der Waals surface area contributed by atoms with Gasteiger partial charge in [-0.25, -0.2) is 0 Å². The maximum absolute atomic E-state index is 8.74. The van der Waals surface area contributed by atoms with Crippen LogP contribution in [0.25, 0.3) is 0 Å². The third-order valence-electron chi connectivity index (χ3n) is 1.40. The number of benzene rings is 1. The molecule has 1 rings (SSSR count). The zero-order chi connectivity index (χ0) is 8.27. The molecule has 0 fully saturated rings. The molecule has 4 heteroatoms. The minimum absolute atomic E-state index is 0.0262. The maximum Gasteiger partial charge on any atom is 0.0682 e. The SMILES string of the molecule is NNc1ccc(CO)cc1S. The summed E-state index contributed by atoms with van der Waals surface area (Å²) in [6.45, 7) is 0.0262. The van der Waals surface area contributed by atoms with E-state index in [2.05, 4.69) is 18.1 Å². The topological polar surface area (TPSA) is 58.3 Å². The second-order valence-electron chi connectivity index (χ2n) is 2.15. The van der Waals surface area contributed by atoms with E-state index >= 15 is 0 Å². The summed E-state index contributed by atoms with van der Waals surface area (Å²) < 4.78 is 0. The number of thiol groups is 1. The van der Waals surface area contributed by atoms with Gasteiger partial charge in [0.2, 0.25) is 0 Å². The van der Waals surface area contributed by atoms with Gasteiger partial charge in [-0.3, -0.25) is 5.84 Å². The zero-order valence-corrected chi connectivity index (χ0v) is 6.81. The largest absolute Gasteiger partial charge is 0.392 e. The quantitative estimate of drug-likeness (QED) is 0.301. The molecule has 4 N–H and O–H groups in total. The number of nitrogens with one attached hydrogen (secondary N) is 1. The Morgan fingerprint density at radius 3 is 2.73 bits per heavy atom. The number of nitrogen functional groups attached to an aromatic ring is 1. The second kappa shape index (κ2) is 3.61. The van der Waals surface area contributed by atoms with E-state index in [4.69, 9.17) is 10.9 Å². The van der Waals surface area contributed by atoms with Crippen LogP contribution in [0.15, 0.2) is 23.1 Å². The van der Waals surface area contributed by atoms with E-state index in [1.165, 1.54) is 0 Å². The van der Waals surface area contributed by atoms with Crippen LogP contribution in [0.2, 0.25) is 0 Å². The predicted octanol–water partition coefficient (Wildman–Crippen LogP) is 0.753. The van der Waals surface area contributed by atoms with Gasteiger partial charge in [-0.1, -0.05) is 6.07 Å². The monoisotopic (exact) mass is 170 g/mol. The molecular formula is C7H10N2OS. The van der Waals surface area contributed by atoms with Crippen LogP contribution in [0.3, 0.4) is 0 Å². The van der Waals surface area contributed by atoms with Crippen molar-refractivity contribution in [2.24, 2.45) is 5.84 Å². The van der Waals surface area contributed by atoms with Gasteiger partial charge < -0.3 is 10.5 Å². The molecule has 3 nitrogen and oxygen atoms in total. The van der Waals surface area contributed by atoms with Crippen molar-refractivity contribution < 1.29 is 5.11 Å². The molecule has 1 aromatic carbocycles. The first-order valence-electron chi connectivity index (χ1n) is 3.17. The standard InChI is InChI=1S/C7H10N2OS/c8-9-6-2-1-5(4-10)3-7(6)11/h1-3,9-11H,4,8H2. The van der Waals surface area contributed by atoms with E-state index in [9.17, 15) is 0 Å². The molecule has 0 amide bonds. The highest BCUT2D eigenvalue weighted by atomic mass is 32.1. The molecule has 0 aromatic heterocycles. The number of hydrazine groups is 1. The summed E-state index contributed by atoms with van der Waals surface area (Å²) >= 11 is 4.15. The van der Waals surface area contributed by atoms with Crippen molar-refractivity contribution in [2.45, 2.75) is 11.5 Å². The van der Waals surface area contributed by atoms with Crippen molar-refractivity contribution in [3.05, 3.63) is 23.8 Å². The van der Waals surface area contributed by atoms with Gasteiger partial charge >= 0.3 is 0 Å². The average Bonchev–Trinajstić information content (AvgIpc) is 2.04. The number of anilines is 1. The minimum atomic E-state index is 0.0262. The Bertz CT molecular complexity index is 252. The molecule has 0 saturated heterocycles. The van der Waals surface area contributed by atoms with Crippen LogP contribution in [0, 0.1) is 0 Å². The number of hydrogen-bond donors (Lipinski definition) is 4. The number of aliphatic hydroxyl groups is 1. The fourth-order valence-electron chi connectivity index (χ4n) is 0.798. The molecule has 0 aliphatic rings. The van der Waals surface area contributed by atoms with Crippen LogP contribution in [0.1, 0.15) is 5.56 Å². The van der Waals surface area contributed by atoms with E-state index in [1.54, 1.807) is 18.2 Å². The van der Waals surface area contributed by atoms with Crippen LogP contribution in [0.5, 0.6) is 0 Å². The average molecular weight is 170 g/mol. The van der Waals surface area contributed by atoms with Gasteiger partial charge in [0.15, 0.2) is 0 Å².